The molecule has 0 amide bonds. The van der Waals surface area contributed by atoms with Gasteiger partial charge in [0.1, 0.15) is 5.75 Å². The maximum absolute atomic E-state index is 5.84. The van der Waals surface area contributed by atoms with Gasteiger partial charge in [-0.2, -0.15) is 0 Å². The van der Waals surface area contributed by atoms with Crippen molar-refractivity contribution in [1.82, 2.24) is 4.57 Å². The van der Waals surface area contributed by atoms with Gasteiger partial charge in [-0.25, -0.2) is 0 Å². The quantitative estimate of drug-likeness (QED) is 0.710. The molecule has 0 aliphatic carbocycles. The van der Waals surface area contributed by atoms with Crippen LogP contribution in [0.1, 0.15) is 27.2 Å². The van der Waals surface area contributed by atoms with Crippen molar-refractivity contribution < 1.29 is 4.74 Å². The molecule has 0 spiro atoms. The Labute approximate surface area is 109 Å². The third-order valence-corrected chi connectivity index (χ3v) is 3.03. The molecule has 2 rings (SSSR count). The topological polar surface area (TPSA) is 14.2 Å². The predicted molar refractivity (Wildman–Crippen MR) is 77.1 cm³/mol. The third-order valence-electron chi connectivity index (χ3n) is 3.03. The fourth-order valence-corrected chi connectivity index (χ4v) is 2.04. The first kappa shape index (κ1) is 12.7. The van der Waals surface area contributed by atoms with Crippen molar-refractivity contribution in [3.8, 4) is 5.75 Å². The van der Waals surface area contributed by atoms with Crippen LogP contribution in [0, 0.1) is 0 Å². The highest BCUT2D eigenvalue weighted by Crippen LogP contribution is 2.27. The molecule has 2 heteroatoms. The summed E-state index contributed by atoms with van der Waals surface area (Å²) in [6.07, 6.45) is 3.32. The molecule has 1 aromatic carbocycles. The Kier molecular flexibility index (Phi) is 3.75. The Balaban J connectivity index is 2.38. The van der Waals surface area contributed by atoms with Crippen LogP contribution >= 0.6 is 0 Å². The molecule has 0 N–H and O–H groups in total. The summed E-state index contributed by atoms with van der Waals surface area (Å²) in [7, 11) is 0. The molecule has 1 heterocycles. The van der Waals surface area contributed by atoms with Gasteiger partial charge in [-0.05, 0) is 38.5 Å². The molecule has 0 radical (unpaired) electrons. The minimum atomic E-state index is 0.199. The van der Waals surface area contributed by atoms with Gasteiger partial charge >= 0.3 is 0 Å². The van der Waals surface area contributed by atoms with Crippen molar-refractivity contribution in [1.29, 1.82) is 0 Å². The number of aromatic nitrogens is 1. The predicted octanol–water partition coefficient (Wildman–Crippen LogP) is 4.39. The number of benzene rings is 1. The fraction of sp³-hybridized carbons (Fsp3) is 0.375. The number of hydrogen-bond donors (Lipinski definition) is 0. The highest BCUT2D eigenvalue weighted by atomic mass is 16.5. The van der Waals surface area contributed by atoms with Crippen LogP contribution in [0.2, 0.25) is 0 Å². The van der Waals surface area contributed by atoms with Crippen LogP contribution in [0.3, 0.4) is 0 Å². The van der Waals surface area contributed by atoms with Gasteiger partial charge in [-0.1, -0.05) is 25.1 Å². The van der Waals surface area contributed by atoms with E-state index in [1.807, 2.05) is 12.1 Å². The zero-order valence-electron chi connectivity index (χ0n) is 11.4. The Morgan fingerprint density at radius 2 is 2.11 bits per heavy atom. The molecule has 2 aromatic rings. The van der Waals surface area contributed by atoms with Crippen molar-refractivity contribution in [3.05, 3.63) is 42.6 Å². The molecule has 0 unspecified atom stereocenters. The minimum Gasteiger partial charge on any atom is -0.490 e. The van der Waals surface area contributed by atoms with E-state index in [0.29, 0.717) is 0 Å². The van der Waals surface area contributed by atoms with E-state index in [2.05, 4.69) is 50.2 Å². The number of fused-ring (bicyclic) bond motifs is 1. The molecule has 0 fully saturated rings. The summed E-state index contributed by atoms with van der Waals surface area (Å²) in [6, 6.07) is 8.33. The average molecular weight is 243 g/mol. The standard InChI is InChI=1S/C16H21NO/c1-5-13(4)11-17-10-9-14-15(17)7-6-8-16(14)18-12(2)3/h6-10,12H,4-5,11H2,1-3H3. The second-order valence-corrected chi connectivity index (χ2v) is 4.90. The Hall–Kier alpha value is -1.70. The van der Waals surface area contributed by atoms with Crippen molar-refractivity contribution >= 4 is 10.9 Å². The molecule has 0 bridgehead atoms. The number of rotatable bonds is 5. The zero-order valence-corrected chi connectivity index (χ0v) is 11.4. The normalized spacial score (nSPS) is 11.1. The van der Waals surface area contributed by atoms with E-state index in [-0.39, 0.29) is 6.10 Å². The smallest absolute Gasteiger partial charge is 0.129 e. The summed E-state index contributed by atoms with van der Waals surface area (Å²) in [5, 5.41) is 1.18. The van der Waals surface area contributed by atoms with Crippen LogP contribution in [0.15, 0.2) is 42.6 Å². The van der Waals surface area contributed by atoms with Crippen molar-refractivity contribution in [2.45, 2.75) is 39.8 Å². The lowest BCUT2D eigenvalue weighted by molar-refractivity contribution is 0.245. The third kappa shape index (κ3) is 2.58. The van der Waals surface area contributed by atoms with Gasteiger partial charge in [0.25, 0.3) is 0 Å². The molecule has 1 aromatic heterocycles. The first-order valence-corrected chi connectivity index (χ1v) is 6.53. The van der Waals surface area contributed by atoms with Crippen LogP contribution in [0.25, 0.3) is 10.9 Å². The number of allylic oxidation sites excluding steroid dienone is 1. The fourth-order valence-electron chi connectivity index (χ4n) is 2.04. The van der Waals surface area contributed by atoms with E-state index in [9.17, 15) is 0 Å². The lowest BCUT2D eigenvalue weighted by Gasteiger charge is -2.11. The van der Waals surface area contributed by atoms with E-state index in [1.54, 1.807) is 0 Å². The lowest BCUT2D eigenvalue weighted by atomic mass is 10.2. The average Bonchev–Trinajstić information content (AvgIpc) is 2.73. The van der Waals surface area contributed by atoms with Gasteiger partial charge in [0, 0.05) is 18.1 Å². The molecule has 0 atom stereocenters. The zero-order chi connectivity index (χ0) is 13.1. The molecular weight excluding hydrogens is 222 g/mol. The molecule has 0 saturated carbocycles. The molecular formula is C16H21NO. The van der Waals surface area contributed by atoms with E-state index in [4.69, 9.17) is 4.74 Å². The van der Waals surface area contributed by atoms with Gasteiger partial charge < -0.3 is 9.30 Å². The molecule has 0 aliphatic heterocycles. The number of ether oxygens (including phenoxy) is 1. The first-order chi connectivity index (χ1) is 8.61. The van der Waals surface area contributed by atoms with Gasteiger partial charge in [0.2, 0.25) is 0 Å². The number of nitrogens with zero attached hydrogens (tertiary/aromatic N) is 1. The molecule has 2 nitrogen and oxygen atoms in total. The Morgan fingerprint density at radius 1 is 1.33 bits per heavy atom. The second-order valence-electron chi connectivity index (χ2n) is 4.90. The number of hydrogen-bond acceptors (Lipinski definition) is 1. The molecule has 18 heavy (non-hydrogen) atoms. The summed E-state index contributed by atoms with van der Waals surface area (Å²) in [4.78, 5) is 0. The van der Waals surface area contributed by atoms with E-state index in [0.717, 1.165) is 18.7 Å². The monoisotopic (exact) mass is 243 g/mol. The highest BCUT2D eigenvalue weighted by molar-refractivity contribution is 5.86. The lowest BCUT2D eigenvalue weighted by Crippen LogP contribution is -2.05. The van der Waals surface area contributed by atoms with Crippen LogP contribution < -0.4 is 4.74 Å². The van der Waals surface area contributed by atoms with Crippen LogP contribution in [0.4, 0.5) is 0 Å². The van der Waals surface area contributed by atoms with Gasteiger partial charge in [-0.15, -0.1) is 0 Å². The van der Waals surface area contributed by atoms with Crippen molar-refractivity contribution in [3.63, 3.8) is 0 Å². The summed E-state index contributed by atoms with van der Waals surface area (Å²) >= 11 is 0. The summed E-state index contributed by atoms with van der Waals surface area (Å²) in [5.41, 5.74) is 2.45. The largest absolute Gasteiger partial charge is 0.490 e. The highest BCUT2D eigenvalue weighted by Gasteiger charge is 2.07. The van der Waals surface area contributed by atoms with E-state index >= 15 is 0 Å². The Bertz CT molecular complexity index is 551. The maximum Gasteiger partial charge on any atom is 0.129 e. The second kappa shape index (κ2) is 5.30. The van der Waals surface area contributed by atoms with Crippen molar-refractivity contribution in [2.24, 2.45) is 0 Å². The summed E-state index contributed by atoms with van der Waals surface area (Å²) in [5.74, 6) is 0.961. The minimum absolute atomic E-state index is 0.199. The maximum atomic E-state index is 5.84. The molecule has 0 saturated heterocycles. The summed E-state index contributed by atoms with van der Waals surface area (Å²) < 4.78 is 8.07. The van der Waals surface area contributed by atoms with Crippen molar-refractivity contribution in [2.75, 3.05) is 0 Å². The molecule has 0 aliphatic rings. The van der Waals surface area contributed by atoms with Crippen LogP contribution in [-0.2, 0) is 6.54 Å². The SMILES string of the molecule is C=C(CC)Cn1ccc2c(OC(C)C)cccc21. The Morgan fingerprint density at radius 3 is 2.78 bits per heavy atom. The van der Waals surface area contributed by atoms with Crippen LogP contribution in [0.5, 0.6) is 5.75 Å². The van der Waals surface area contributed by atoms with Gasteiger partial charge in [0.15, 0.2) is 0 Å². The summed E-state index contributed by atoms with van der Waals surface area (Å²) in [6.45, 7) is 11.2. The van der Waals surface area contributed by atoms with E-state index < -0.39 is 0 Å². The molecule has 96 valence electrons. The van der Waals surface area contributed by atoms with Crippen LogP contribution in [-0.4, -0.2) is 10.7 Å². The van der Waals surface area contributed by atoms with E-state index in [1.165, 1.54) is 16.5 Å². The van der Waals surface area contributed by atoms with Gasteiger partial charge in [0.05, 0.1) is 11.6 Å². The van der Waals surface area contributed by atoms with Gasteiger partial charge in [-0.3, -0.25) is 0 Å². The first-order valence-electron chi connectivity index (χ1n) is 6.53.